The van der Waals surface area contributed by atoms with E-state index in [0.717, 1.165) is 11.3 Å². The van der Waals surface area contributed by atoms with Gasteiger partial charge in [0.1, 0.15) is 6.54 Å². The summed E-state index contributed by atoms with van der Waals surface area (Å²) in [5.41, 5.74) is 1.32. The predicted molar refractivity (Wildman–Crippen MR) is 150 cm³/mol. The van der Waals surface area contributed by atoms with E-state index < -0.39 is 28.0 Å². The highest BCUT2D eigenvalue weighted by molar-refractivity contribution is 7.89. The average molecular weight is 604 g/mol. The Morgan fingerprint density at radius 2 is 1.71 bits per heavy atom. The van der Waals surface area contributed by atoms with Crippen molar-refractivity contribution in [2.45, 2.75) is 25.3 Å². The number of piperazine rings is 1. The lowest BCUT2D eigenvalue weighted by molar-refractivity contribution is -0.141. The van der Waals surface area contributed by atoms with Crippen molar-refractivity contribution in [3.63, 3.8) is 0 Å². The van der Waals surface area contributed by atoms with Gasteiger partial charge in [0.05, 0.1) is 28.8 Å². The van der Waals surface area contributed by atoms with Crippen LogP contribution in [0.5, 0.6) is 0 Å². The quantitative estimate of drug-likeness (QED) is 0.402. The summed E-state index contributed by atoms with van der Waals surface area (Å²) in [6.07, 6.45) is -0.476. The monoisotopic (exact) mass is 603 g/mol. The van der Waals surface area contributed by atoms with Gasteiger partial charge in [0.15, 0.2) is 4.80 Å². The van der Waals surface area contributed by atoms with Crippen LogP contribution in [0.1, 0.15) is 24.2 Å². The number of nitrogens with zero attached hydrogens (tertiary/aromatic N) is 4. The Balaban J connectivity index is 1.57. The van der Waals surface area contributed by atoms with Gasteiger partial charge in [0.25, 0.3) is 5.91 Å². The highest BCUT2D eigenvalue weighted by atomic mass is 32.2. The standard InChI is InChI=1S/C26H29N5O8S2/c1-4-39-26(35)29-11-13-30(14-12-29)41(36,37)20-8-5-18(6-9-20)24(34)28-25-31(16-23(33)38-3)21-10-7-19(27-17(2)32)15-22(21)40-25/h5-10,15H,4,11-14,16H2,1-3H3,(H,27,32). The SMILES string of the molecule is CCOC(=O)N1CCN(S(=O)(=O)c2ccc(C(=O)N=c3sc4cc(NC(C)=O)ccc4n3CC(=O)OC)cc2)CC1. The summed E-state index contributed by atoms with van der Waals surface area (Å²) < 4.78 is 39.5. The number of anilines is 1. The largest absolute Gasteiger partial charge is 0.468 e. The number of aromatic nitrogens is 1. The normalized spacial score (nSPS) is 14.6. The molecule has 1 aromatic heterocycles. The summed E-state index contributed by atoms with van der Waals surface area (Å²) in [6, 6.07) is 10.5. The average Bonchev–Trinajstić information content (AvgIpc) is 3.28. The molecule has 2 heterocycles. The number of methoxy groups -OCH3 is 1. The van der Waals surface area contributed by atoms with Crippen molar-refractivity contribution in [3.05, 3.63) is 52.8 Å². The number of rotatable bonds is 7. The number of thiazole rings is 1. The predicted octanol–water partition coefficient (Wildman–Crippen LogP) is 2.04. The van der Waals surface area contributed by atoms with E-state index in [-0.39, 0.29) is 60.5 Å². The summed E-state index contributed by atoms with van der Waals surface area (Å²) in [7, 11) is -2.59. The van der Waals surface area contributed by atoms with E-state index in [4.69, 9.17) is 9.47 Å². The van der Waals surface area contributed by atoms with Gasteiger partial charge in [-0.2, -0.15) is 9.30 Å². The molecule has 0 atom stereocenters. The number of nitrogens with one attached hydrogen (secondary N) is 1. The van der Waals surface area contributed by atoms with Crippen molar-refractivity contribution in [1.29, 1.82) is 0 Å². The molecule has 1 aliphatic heterocycles. The number of fused-ring (bicyclic) bond motifs is 1. The van der Waals surface area contributed by atoms with Crippen molar-refractivity contribution in [2.75, 3.05) is 45.2 Å². The van der Waals surface area contributed by atoms with Crippen LogP contribution in [-0.4, -0.2) is 86.0 Å². The molecule has 218 valence electrons. The minimum atomic E-state index is -3.85. The lowest BCUT2D eigenvalue weighted by Crippen LogP contribution is -2.50. The van der Waals surface area contributed by atoms with Gasteiger partial charge in [0.2, 0.25) is 15.9 Å². The van der Waals surface area contributed by atoms with Gasteiger partial charge in [-0.3, -0.25) is 14.4 Å². The van der Waals surface area contributed by atoms with Crippen LogP contribution < -0.4 is 10.1 Å². The van der Waals surface area contributed by atoms with Gasteiger partial charge >= 0.3 is 12.1 Å². The molecule has 1 aliphatic rings. The van der Waals surface area contributed by atoms with E-state index in [1.165, 1.54) is 52.1 Å². The molecule has 4 rings (SSSR count). The summed E-state index contributed by atoms with van der Waals surface area (Å²) in [5.74, 6) is -1.42. The number of sulfonamides is 1. The molecule has 2 aromatic carbocycles. The second kappa shape index (κ2) is 12.6. The first-order chi connectivity index (χ1) is 19.5. The minimum Gasteiger partial charge on any atom is -0.468 e. The highest BCUT2D eigenvalue weighted by Gasteiger charge is 2.30. The molecule has 41 heavy (non-hydrogen) atoms. The van der Waals surface area contributed by atoms with Crippen molar-refractivity contribution in [2.24, 2.45) is 4.99 Å². The zero-order chi connectivity index (χ0) is 29.7. The van der Waals surface area contributed by atoms with Crippen LogP contribution in [-0.2, 0) is 35.6 Å². The number of amides is 3. The Kier molecular flexibility index (Phi) is 9.20. The smallest absolute Gasteiger partial charge is 0.409 e. The highest BCUT2D eigenvalue weighted by Crippen LogP contribution is 2.23. The maximum atomic E-state index is 13.1. The summed E-state index contributed by atoms with van der Waals surface area (Å²) in [4.78, 5) is 54.4. The zero-order valence-corrected chi connectivity index (χ0v) is 24.3. The number of carbonyl (C=O) groups is 4. The third kappa shape index (κ3) is 6.81. The molecule has 0 bridgehead atoms. The summed E-state index contributed by atoms with van der Waals surface area (Å²) in [6.45, 7) is 3.79. The van der Waals surface area contributed by atoms with Crippen LogP contribution in [0.2, 0.25) is 0 Å². The van der Waals surface area contributed by atoms with Gasteiger partial charge in [-0.25, -0.2) is 13.2 Å². The first-order valence-corrected chi connectivity index (χ1v) is 14.9. The van der Waals surface area contributed by atoms with E-state index in [1.807, 2.05) is 0 Å². The molecule has 0 unspecified atom stereocenters. The first-order valence-electron chi connectivity index (χ1n) is 12.6. The minimum absolute atomic E-state index is 0.00625. The van der Waals surface area contributed by atoms with Gasteiger partial charge < -0.3 is 24.3 Å². The van der Waals surface area contributed by atoms with Gasteiger partial charge in [-0.05, 0) is 49.4 Å². The third-order valence-corrected chi connectivity index (χ3v) is 9.17. The van der Waals surface area contributed by atoms with Crippen LogP contribution >= 0.6 is 11.3 Å². The van der Waals surface area contributed by atoms with Crippen LogP contribution in [0.3, 0.4) is 0 Å². The van der Waals surface area contributed by atoms with Crippen molar-refractivity contribution < 1.29 is 37.1 Å². The molecular formula is C26H29N5O8S2. The van der Waals surface area contributed by atoms with E-state index in [9.17, 15) is 27.6 Å². The lowest BCUT2D eigenvalue weighted by atomic mass is 10.2. The Bertz CT molecular complexity index is 1650. The number of hydrogen-bond donors (Lipinski definition) is 1. The van der Waals surface area contributed by atoms with Crippen LogP contribution in [0.4, 0.5) is 10.5 Å². The van der Waals surface area contributed by atoms with E-state index >= 15 is 0 Å². The molecule has 0 radical (unpaired) electrons. The number of carbonyl (C=O) groups excluding carboxylic acids is 4. The fourth-order valence-electron chi connectivity index (χ4n) is 4.18. The summed E-state index contributed by atoms with van der Waals surface area (Å²) in [5, 5.41) is 2.69. The number of hydrogen-bond acceptors (Lipinski definition) is 9. The molecule has 0 spiro atoms. The Labute approximate surface area is 240 Å². The summed E-state index contributed by atoms with van der Waals surface area (Å²) >= 11 is 1.15. The Morgan fingerprint density at radius 1 is 1.02 bits per heavy atom. The molecule has 0 aliphatic carbocycles. The fraction of sp³-hybridized carbons (Fsp3) is 0.346. The number of benzene rings is 2. The first kappa shape index (κ1) is 29.9. The molecular weight excluding hydrogens is 574 g/mol. The van der Waals surface area contributed by atoms with E-state index in [2.05, 4.69) is 10.3 Å². The second-order valence-corrected chi connectivity index (χ2v) is 11.9. The molecule has 3 amide bonds. The Morgan fingerprint density at radius 3 is 2.32 bits per heavy atom. The van der Waals surface area contributed by atoms with Crippen molar-refractivity contribution in [3.8, 4) is 0 Å². The topological polar surface area (TPSA) is 157 Å². The molecule has 3 aromatic rings. The van der Waals surface area contributed by atoms with Crippen molar-refractivity contribution in [1.82, 2.24) is 13.8 Å². The second-order valence-electron chi connectivity index (χ2n) is 8.94. The maximum Gasteiger partial charge on any atom is 0.409 e. The molecule has 0 saturated carbocycles. The van der Waals surface area contributed by atoms with Gasteiger partial charge in [-0.15, -0.1) is 0 Å². The van der Waals surface area contributed by atoms with Crippen LogP contribution in [0.25, 0.3) is 10.2 Å². The lowest BCUT2D eigenvalue weighted by Gasteiger charge is -2.33. The fourth-order valence-corrected chi connectivity index (χ4v) is 6.67. The molecule has 1 saturated heterocycles. The zero-order valence-electron chi connectivity index (χ0n) is 22.7. The number of esters is 1. The molecule has 13 nitrogen and oxygen atoms in total. The van der Waals surface area contributed by atoms with Crippen LogP contribution in [0.15, 0.2) is 52.4 Å². The van der Waals surface area contributed by atoms with Gasteiger partial charge in [-0.1, -0.05) is 11.3 Å². The Hall–Kier alpha value is -4.08. The van der Waals surface area contributed by atoms with E-state index in [1.54, 1.807) is 25.1 Å². The molecule has 1 N–H and O–H groups in total. The molecule has 15 heteroatoms. The van der Waals surface area contributed by atoms with Crippen LogP contribution in [0, 0.1) is 0 Å². The van der Waals surface area contributed by atoms with Crippen molar-refractivity contribution >= 4 is 61.1 Å². The van der Waals surface area contributed by atoms with E-state index in [0.29, 0.717) is 15.9 Å². The third-order valence-electron chi connectivity index (χ3n) is 6.22. The molecule has 1 fully saturated rings. The van der Waals surface area contributed by atoms with Gasteiger partial charge in [0, 0.05) is 44.4 Å². The maximum absolute atomic E-state index is 13.1. The number of ether oxygens (including phenoxy) is 2.